The highest BCUT2D eigenvalue weighted by Crippen LogP contribution is 1.91. The van der Waals surface area contributed by atoms with Gasteiger partial charge in [0.1, 0.15) is 0 Å². The van der Waals surface area contributed by atoms with Crippen LogP contribution >= 0.6 is 0 Å². The summed E-state index contributed by atoms with van der Waals surface area (Å²) in [5, 5.41) is 0. The molecule has 0 aliphatic heterocycles. The third kappa shape index (κ3) is 5.03. The van der Waals surface area contributed by atoms with Gasteiger partial charge in [0.15, 0.2) is 0 Å². The first-order chi connectivity index (χ1) is 4.16. The van der Waals surface area contributed by atoms with Crippen LogP contribution in [0.5, 0.6) is 0 Å². The number of nitrogens with two attached hydrogens (primary N) is 1. The normalized spacial score (nSPS) is 10.7. The zero-order valence-electron chi connectivity index (χ0n) is 5.72. The molecule has 0 radical (unpaired) electrons. The molecular weight excluding hydrogens is 116 g/mol. The smallest absolute Gasteiger partial charge is 0.257 e. The minimum atomic E-state index is -0.260. The van der Waals surface area contributed by atoms with E-state index >= 15 is 0 Å². The number of carbonyl (C=O) groups excluding carboxylic acids is 1. The van der Waals surface area contributed by atoms with Crippen LogP contribution in [0.4, 0.5) is 0 Å². The highest BCUT2D eigenvalue weighted by Gasteiger charge is 1.88. The first-order valence-electron chi connectivity index (χ1n) is 2.85. The molecule has 3 nitrogen and oxygen atoms in total. The van der Waals surface area contributed by atoms with Crippen molar-refractivity contribution in [1.29, 1.82) is 0 Å². The average molecular weight is 128 g/mol. The predicted molar refractivity (Wildman–Crippen MR) is 36.3 cm³/mol. The fourth-order valence-corrected chi connectivity index (χ4v) is 0.328. The Kier molecular flexibility index (Phi) is 3.71. The van der Waals surface area contributed by atoms with E-state index in [9.17, 15) is 4.79 Å². The largest absolute Gasteiger partial charge is 0.291 e. The van der Waals surface area contributed by atoms with Gasteiger partial charge >= 0.3 is 0 Å². The summed E-state index contributed by atoms with van der Waals surface area (Å²) < 4.78 is 0. The molecule has 0 aromatic carbocycles. The molecule has 52 valence electrons. The summed E-state index contributed by atoms with van der Waals surface area (Å²) >= 11 is 0. The summed E-state index contributed by atoms with van der Waals surface area (Å²) in [7, 11) is 0. The number of amides is 1. The number of nitrogens with one attached hydrogen (secondary N) is 1. The lowest BCUT2D eigenvalue weighted by Crippen LogP contribution is -2.28. The third-order valence-electron chi connectivity index (χ3n) is 0.775. The molecule has 1 amide bonds. The molecule has 3 N–H and O–H groups in total. The number of allylic oxidation sites excluding steroid dienone is 1. The molecule has 0 aromatic heterocycles. The average Bonchev–Trinajstić information content (AvgIpc) is 1.83. The maximum Gasteiger partial charge on any atom is 0.257 e. The number of hydrogen-bond acceptors (Lipinski definition) is 2. The van der Waals surface area contributed by atoms with Crippen molar-refractivity contribution in [3.05, 3.63) is 12.2 Å². The van der Waals surface area contributed by atoms with Crippen LogP contribution in [0.2, 0.25) is 0 Å². The lowest BCUT2D eigenvalue weighted by Gasteiger charge is -1.92. The van der Waals surface area contributed by atoms with Gasteiger partial charge in [0, 0.05) is 6.08 Å². The van der Waals surface area contributed by atoms with Gasteiger partial charge in [-0.2, -0.15) is 0 Å². The van der Waals surface area contributed by atoms with E-state index in [1.165, 1.54) is 6.08 Å². The van der Waals surface area contributed by atoms with Crippen molar-refractivity contribution in [3.8, 4) is 0 Å². The lowest BCUT2D eigenvalue weighted by molar-refractivity contribution is -0.116. The van der Waals surface area contributed by atoms with E-state index in [-0.39, 0.29) is 5.91 Å². The Balaban J connectivity index is 3.57. The van der Waals surface area contributed by atoms with E-state index in [0.29, 0.717) is 5.92 Å². The van der Waals surface area contributed by atoms with Crippen LogP contribution in [0.1, 0.15) is 13.8 Å². The van der Waals surface area contributed by atoms with Gasteiger partial charge in [-0.15, -0.1) is 0 Å². The van der Waals surface area contributed by atoms with E-state index in [1.54, 1.807) is 6.08 Å². The SMILES string of the molecule is CC(C)/C=C\C(=O)NN. The van der Waals surface area contributed by atoms with Crippen molar-refractivity contribution >= 4 is 5.91 Å². The molecule has 0 saturated heterocycles. The Bertz CT molecular complexity index is 118. The van der Waals surface area contributed by atoms with Gasteiger partial charge in [0.05, 0.1) is 0 Å². The summed E-state index contributed by atoms with van der Waals surface area (Å²) in [6.45, 7) is 3.97. The summed E-state index contributed by atoms with van der Waals surface area (Å²) in [5.41, 5.74) is 1.99. The molecule has 0 aliphatic rings. The summed E-state index contributed by atoms with van der Waals surface area (Å²) in [6, 6.07) is 0. The zero-order valence-corrected chi connectivity index (χ0v) is 5.72. The third-order valence-corrected chi connectivity index (χ3v) is 0.775. The Labute approximate surface area is 54.9 Å². The predicted octanol–water partition coefficient (Wildman–Crippen LogP) is 0.189. The number of hydrogen-bond donors (Lipinski definition) is 2. The first kappa shape index (κ1) is 8.17. The van der Waals surface area contributed by atoms with Crippen molar-refractivity contribution in [2.24, 2.45) is 11.8 Å². The Morgan fingerprint density at radius 3 is 2.56 bits per heavy atom. The van der Waals surface area contributed by atoms with Gasteiger partial charge in [-0.05, 0) is 5.92 Å². The van der Waals surface area contributed by atoms with Gasteiger partial charge in [0.25, 0.3) is 5.91 Å². The van der Waals surface area contributed by atoms with E-state index in [0.717, 1.165) is 0 Å². The Hall–Kier alpha value is -0.830. The molecule has 0 unspecified atom stereocenters. The summed E-state index contributed by atoms with van der Waals surface area (Å²) in [5.74, 6) is 4.94. The molecule has 0 bridgehead atoms. The summed E-state index contributed by atoms with van der Waals surface area (Å²) in [6.07, 6.45) is 3.20. The van der Waals surface area contributed by atoms with Gasteiger partial charge in [-0.25, -0.2) is 5.84 Å². The minimum absolute atomic E-state index is 0.260. The van der Waals surface area contributed by atoms with Crippen LogP contribution in [0, 0.1) is 5.92 Å². The highest BCUT2D eigenvalue weighted by molar-refractivity contribution is 5.86. The van der Waals surface area contributed by atoms with Crippen LogP contribution in [0.25, 0.3) is 0 Å². The fourth-order valence-electron chi connectivity index (χ4n) is 0.328. The Morgan fingerprint density at radius 2 is 2.22 bits per heavy atom. The van der Waals surface area contributed by atoms with Crippen molar-refractivity contribution in [2.45, 2.75) is 13.8 Å². The van der Waals surface area contributed by atoms with Crippen molar-refractivity contribution in [3.63, 3.8) is 0 Å². The van der Waals surface area contributed by atoms with E-state index in [2.05, 4.69) is 0 Å². The molecule has 0 aromatic rings. The maximum atomic E-state index is 10.4. The second-order valence-corrected chi connectivity index (χ2v) is 2.11. The molecule has 0 fully saturated rings. The number of hydrazine groups is 1. The molecular formula is C6H12N2O. The molecule has 0 spiro atoms. The molecule has 0 atom stereocenters. The number of carbonyl (C=O) groups is 1. The van der Waals surface area contributed by atoms with E-state index in [4.69, 9.17) is 5.84 Å². The summed E-state index contributed by atoms with van der Waals surface area (Å²) in [4.78, 5) is 10.4. The highest BCUT2D eigenvalue weighted by atomic mass is 16.2. The van der Waals surface area contributed by atoms with Gasteiger partial charge in [0.2, 0.25) is 0 Å². The molecule has 0 saturated carbocycles. The fraction of sp³-hybridized carbons (Fsp3) is 0.500. The second-order valence-electron chi connectivity index (χ2n) is 2.11. The van der Waals surface area contributed by atoms with E-state index < -0.39 is 0 Å². The van der Waals surface area contributed by atoms with Crippen molar-refractivity contribution in [1.82, 2.24) is 5.43 Å². The van der Waals surface area contributed by atoms with Gasteiger partial charge < -0.3 is 0 Å². The molecule has 0 heterocycles. The Morgan fingerprint density at radius 1 is 1.67 bits per heavy atom. The lowest BCUT2D eigenvalue weighted by atomic mass is 10.2. The molecule has 0 rings (SSSR count). The van der Waals surface area contributed by atoms with Crippen LogP contribution in [0.15, 0.2) is 12.2 Å². The van der Waals surface area contributed by atoms with Crippen LogP contribution in [-0.4, -0.2) is 5.91 Å². The van der Waals surface area contributed by atoms with Crippen molar-refractivity contribution in [2.75, 3.05) is 0 Å². The zero-order chi connectivity index (χ0) is 7.28. The van der Waals surface area contributed by atoms with Gasteiger partial charge in [-0.3, -0.25) is 10.2 Å². The van der Waals surface area contributed by atoms with Crippen molar-refractivity contribution < 1.29 is 4.79 Å². The minimum Gasteiger partial charge on any atom is -0.291 e. The van der Waals surface area contributed by atoms with E-state index in [1.807, 2.05) is 19.3 Å². The quantitative estimate of drug-likeness (QED) is 0.241. The molecule has 9 heavy (non-hydrogen) atoms. The van der Waals surface area contributed by atoms with Crippen LogP contribution < -0.4 is 11.3 Å². The first-order valence-corrected chi connectivity index (χ1v) is 2.85. The van der Waals surface area contributed by atoms with Crippen LogP contribution in [-0.2, 0) is 4.79 Å². The monoisotopic (exact) mass is 128 g/mol. The number of rotatable bonds is 2. The van der Waals surface area contributed by atoms with Crippen LogP contribution in [0.3, 0.4) is 0 Å². The second kappa shape index (κ2) is 4.09. The van der Waals surface area contributed by atoms with Gasteiger partial charge in [-0.1, -0.05) is 19.9 Å². The topological polar surface area (TPSA) is 55.1 Å². The molecule has 3 heteroatoms. The maximum absolute atomic E-state index is 10.4. The molecule has 0 aliphatic carbocycles. The standard InChI is InChI=1S/C6H12N2O/c1-5(2)3-4-6(9)8-7/h3-5H,7H2,1-2H3,(H,8,9)/b4-3-.